The summed E-state index contributed by atoms with van der Waals surface area (Å²) < 4.78 is 11.5. The van der Waals surface area contributed by atoms with Gasteiger partial charge in [0.05, 0.1) is 12.3 Å². The van der Waals surface area contributed by atoms with Crippen molar-refractivity contribution in [1.29, 1.82) is 0 Å². The summed E-state index contributed by atoms with van der Waals surface area (Å²) in [6.07, 6.45) is 5.22. The number of amides is 4. The van der Waals surface area contributed by atoms with Crippen molar-refractivity contribution in [1.82, 2.24) is 5.32 Å². The van der Waals surface area contributed by atoms with Gasteiger partial charge in [0.1, 0.15) is 12.2 Å². The zero-order valence-electron chi connectivity index (χ0n) is 18.1. The second-order valence-electron chi connectivity index (χ2n) is 6.97. The topological polar surface area (TPSA) is 84.9 Å². The number of allylic oxidation sites excluding steroid dienone is 1. The maximum Gasteiger partial charge on any atom is 0.335 e. The molecule has 0 radical (unpaired) electrons. The summed E-state index contributed by atoms with van der Waals surface area (Å²) in [5.41, 5.74) is 1.39. The highest BCUT2D eigenvalue weighted by molar-refractivity contribution is 6.39. The van der Waals surface area contributed by atoms with Crippen LogP contribution >= 0.6 is 11.6 Å². The molecular weight excluding hydrogens is 444 g/mol. The first-order chi connectivity index (χ1) is 15.9. The average molecular weight is 467 g/mol. The number of anilines is 1. The van der Waals surface area contributed by atoms with Gasteiger partial charge < -0.3 is 9.47 Å². The van der Waals surface area contributed by atoms with Crippen LogP contribution in [-0.4, -0.2) is 31.1 Å². The Morgan fingerprint density at radius 1 is 1.06 bits per heavy atom. The Morgan fingerprint density at radius 2 is 1.79 bits per heavy atom. The van der Waals surface area contributed by atoms with E-state index < -0.39 is 17.8 Å². The van der Waals surface area contributed by atoms with Gasteiger partial charge in [-0.25, -0.2) is 9.69 Å². The molecule has 0 spiro atoms. The van der Waals surface area contributed by atoms with E-state index in [4.69, 9.17) is 21.1 Å². The summed E-state index contributed by atoms with van der Waals surface area (Å²) in [4.78, 5) is 38.9. The molecule has 7 nitrogen and oxygen atoms in total. The summed E-state index contributed by atoms with van der Waals surface area (Å²) in [7, 11) is 0. The summed E-state index contributed by atoms with van der Waals surface area (Å²) in [5, 5.41) is 2.66. The molecule has 170 valence electrons. The van der Waals surface area contributed by atoms with Gasteiger partial charge >= 0.3 is 6.03 Å². The highest BCUT2D eigenvalue weighted by Gasteiger charge is 2.36. The third kappa shape index (κ3) is 5.32. The van der Waals surface area contributed by atoms with Gasteiger partial charge in [0.2, 0.25) is 0 Å². The molecule has 1 N–H and O–H groups in total. The molecule has 8 heteroatoms. The van der Waals surface area contributed by atoms with Crippen LogP contribution in [0, 0.1) is 0 Å². The fourth-order valence-corrected chi connectivity index (χ4v) is 3.42. The van der Waals surface area contributed by atoms with Crippen LogP contribution in [0.1, 0.15) is 18.1 Å². The maximum atomic E-state index is 13.1. The van der Waals surface area contributed by atoms with Crippen molar-refractivity contribution in [3.63, 3.8) is 0 Å². The third-order valence-corrected chi connectivity index (χ3v) is 4.91. The molecule has 0 saturated carbocycles. The smallest absolute Gasteiger partial charge is 0.335 e. The highest BCUT2D eigenvalue weighted by atomic mass is 35.5. The lowest BCUT2D eigenvalue weighted by atomic mass is 10.0. The van der Waals surface area contributed by atoms with E-state index in [0.29, 0.717) is 35.1 Å². The number of benzene rings is 2. The van der Waals surface area contributed by atoms with Crippen molar-refractivity contribution in [2.75, 3.05) is 18.1 Å². The van der Waals surface area contributed by atoms with Gasteiger partial charge in [0.15, 0.2) is 11.5 Å². The Morgan fingerprint density at radius 3 is 2.42 bits per heavy atom. The third-order valence-electron chi connectivity index (χ3n) is 4.66. The molecule has 0 bridgehead atoms. The van der Waals surface area contributed by atoms with Crippen LogP contribution in [-0.2, 0) is 16.0 Å². The van der Waals surface area contributed by atoms with E-state index in [1.54, 1.807) is 36.4 Å². The molecule has 3 rings (SSSR count). The number of rotatable bonds is 9. The first-order valence-corrected chi connectivity index (χ1v) is 10.6. The van der Waals surface area contributed by atoms with Gasteiger partial charge in [0.25, 0.3) is 11.8 Å². The minimum atomic E-state index is -0.833. The number of nitrogens with one attached hydrogen (secondary N) is 1. The minimum absolute atomic E-state index is 0.198. The first-order valence-electron chi connectivity index (χ1n) is 10.2. The van der Waals surface area contributed by atoms with E-state index in [0.717, 1.165) is 10.5 Å². The van der Waals surface area contributed by atoms with Gasteiger partial charge in [-0.15, -0.1) is 6.58 Å². The Labute approximate surface area is 196 Å². The van der Waals surface area contributed by atoms with Crippen LogP contribution in [0.4, 0.5) is 10.5 Å². The molecule has 0 unspecified atom stereocenters. The minimum Gasteiger partial charge on any atom is -0.490 e. The number of ether oxygens (including phenoxy) is 2. The summed E-state index contributed by atoms with van der Waals surface area (Å²) in [5.74, 6) is -0.539. The normalized spacial score (nSPS) is 14.8. The Hall–Kier alpha value is -3.84. The van der Waals surface area contributed by atoms with Crippen molar-refractivity contribution < 1.29 is 23.9 Å². The predicted octanol–water partition coefficient (Wildman–Crippen LogP) is 4.70. The fraction of sp³-hybridized carbons (Fsp3) is 0.160. The van der Waals surface area contributed by atoms with Crippen molar-refractivity contribution in [3.8, 4) is 11.5 Å². The van der Waals surface area contributed by atoms with E-state index in [1.807, 2.05) is 6.92 Å². The van der Waals surface area contributed by atoms with Crippen molar-refractivity contribution >= 4 is 41.2 Å². The number of imide groups is 2. The van der Waals surface area contributed by atoms with Gasteiger partial charge in [0, 0.05) is 10.6 Å². The standard InChI is InChI=1S/C25H23ClN2O5/c1-4-7-17-13-16(15-21(32-6-3)22(17)33-12-5-2)14-20-23(29)27-25(31)28(24(20)30)19-10-8-18(26)9-11-19/h4-5,8-11,13-15H,1-2,6-7,12H2,3H3,(H,27,29,31)/b20-14+. The summed E-state index contributed by atoms with van der Waals surface area (Å²) in [6, 6.07) is 8.76. The number of urea groups is 1. The molecule has 1 fully saturated rings. The zero-order chi connectivity index (χ0) is 24.0. The molecule has 0 aromatic heterocycles. The van der Waals surface area contributed by atoms with Crippen molar-refractivity contribution in [3.05, 3.63) is 83.4 Å². The summed E-state index contributed by atoms with van der Waals surface area (Å²) >= 11 is 5.90. The Bertz CT molecular complexity index is 1140. The van der Waals surface area contributed by atoms with E-state index >= 15 is 0 Å². The molecule has 0 aliphatic carbocycles. The molecular formula is C25H23ClN2O5. The van der Waals surface area contributed by atoms with E-state index in [1.165, 1.54) is 18.2 Å². The quantitative estimate of drug-likeness (QED) is 0.329. The number of nitrogens with zero attached hydrogens (tertiary/aromatic N) is 1. The van der Waals surface area contributed by atoms with Crippen LogP contribution in [0.5, 0.6) is 11.5 Å². The zero-order valence-corrected chi connectivity index (χ0v) is 18.9. The van der Waals surface area contributed by atoms with Crippen LogP contribution in [0.3, 0.4) is 0 Å². The Kier molecular flexibility index (Phi) is 7.69. The number of carbonyl (C=O) groups is 3. The number of hydrogen-bond acceptors (Lipinski definition) is 5. The molecule has 1 aliphatic rings. The van der Waals surface area contributed by atoms with Crippen LogP contribution < -0.4 is 19.7 Å². The lowest BCUT2D eigenvalue weighted by molar-refractivity contribution is -0.122. The molecule has 1 heterocycles. The first kappa shape index (κ1) is 23.8. The fourth-order valence-electron chi connectivity index (χ4n) is 3.29. The molecule has 33 heavy (non-hydrogen) atoms. The second kappa shape index (κ2) is 10.7. The number of hydrogen-bond donors (Lipinski definition) is 1. The van der Waals surface area contributed by atoms with Crippen LogP contribution in [0.15, 0.2) is 67.3 Å². The molecule has 1 aliphatic heterocycles. The largest absolute Gasteiger partial charge is 0.490 e. The molecule has 2 aromatic carbocycles. The maximum absolute atomic E-state index is 13.1. The van der Waals surface area contributed by atoms with Gasteiger partial charge in [-0.3, -0.25) is 14.9 Å². The van der Waals surface area contributed by atoms with Crippen LogP contribution in [0.2, 0.25) is 5.02 Å². The van der Waals surface area contributed by atoms with Gasteiger partial charge in [-0.1, -0.05) is 30.3 Å². The average Bonchev–Trinajstić information content (AvgIpc) is 2.78. The Balaban J connectivity index is 2.07. The SMILES string of the molecule is C=CCOc1c(CC=C)cc(/C=C2\C(=O)NC(=O)N(c3ccc(Cl)cc3)C2=O)cc1OCC. The number of barbiturate groups is 1. The van der Waals surface area contributed by atoms with E-state index in [2.05, 4.69) is 18.5 Å². The molecule has 0 atom stereocenters. The summed E-state index contributed by atoms with van der Waals surface area (Å²) in [6.45, 7) is 9.94. The van der Waals surface area contributed by atoms with Crippen LogP contribution in [0.25, 0.3) is 6.08 Å². The number of halogens is 1. The van der Waals surface area contributed by atoms with Crippen molar-refractivity contribution in [2.24, 2.45) is 0 Å². The lowest BCUT2D eigenvalue weighted by Crippen LogP contribution is -2.54. The predicted molar refractivity (Wildman–Crippen MR) is 128 cm³/mol. The number of carbonyl (C=O) groups excluding carboxylic acids is 3. The second-order valence-corrected chi connectivity index (χ2v) is 7.40. The monoisotopic (exact) mass is 466 g/mol. The van der Waals surface area contributed by atoms with E-state index in [-0.39, 0.29) is 17.9 Å². The van der Waals surface area contributed by atoms with Crippen molar-refractivity contribution in [2.45, 2.75) is 13.3 Å². The van der Waals surface area contributed by atoms with Gasteiger partial charge in [-0.2, -0.15) is 0 Å². The van der Waals surface area contributed by atoms with E-state index in [9.17, 15) is 14.4 Å². The molecule has 1 saturated heterocycles. The molecule has 2 aromatic rings. The van der Waals surface area contributed by atoms with Gasteiger partial charge in [-0.05, 0) is 61.4 Å². The lowest BCUT2D eigenvalue weighted by Gasteiger charge is -2.26. The highest BCUT2D eigenvalue weighted by Crippen LogP contribution is 2.35. The molecule has 4 amide bonds.